The zero-order chi connectivity index (χ0) is 17.3. The first-order chi connectivity index (χ1) is 12.8. The highest BCUT2D eigenvalue weighted by Crippen LogP contribution is 2.36. The number of benzene rings is 3. The SMILES string of the molecule is c1cc(Nc2ccc3c(c2)OCO3)ccc1Nc1ccc2c(c1)OCO2. The Bertz CT molecular complexity index is 878. The quantitative estimate of drug-likeness (QED) is 0.717. The minimum absolute atomic E-state index is 0.277. The lowest BCUT2D eigenvalue weighted by Crippen LogP contribution is -1.93. The molecule has 2 N–H and O–H groups in total. The Balaban J connectivity index is 1.28. The second-order valence-electron chi connectivity index (χ2n) is 5.96. The molecule has 0 saturated heterocycles. The molecule has 0 radical (unpaired) electrons. The summed E-state index contributed by atoms with van der Waals surface area (Å²) in [4.78, 5) is 0. The molecule has 130 valence electrons. The van der Waals surface area contributed by atoms with Gasteiger partial charge in [-0.15, -0.1) is 0 Å². The second kappa shape index (κ2) is 6.07. The van der Waals surface area contributed by atoms with Gasteiger partial charge in [0.1, 0.15) is 0 Å². The predicted molar refractivity (Wildman–Crippen MR) is 98.1 cm³/mol. The van der Waals surface area contributed by atoms with Crippen LogP contribution in [0.15, 0.2) is 60.7 Å². The van der Waals surface area contributed by atoms with Gasteiger partial charge in [0, 0.05) is 34.9 Å². The maximum atomic E-state index is 5.40. The molecule has 0 saturated carbocycles. The lowest BCUT2D eigenvalue weighted by atomic mass is 10.2. The minimum atomic E-state index is 0.277. The van der Waals surface area contributed by atoms with Gasteiger partial charge in [0.2, 0.25) is 13.6 Å². The van der Waals surface area contributed by atoms with Crippen LogP contribution >= 0.6 is 0 Å². The van der Waals surface area contributed by atoms with Crippen molar-refractivity contribution in [3.05, 3.63) is 60.7 Å². The Morgan fingerprint density at radius 1 is 0.462 bits per heavy atom. The van der Waals surface area contributed by atoms with Crippen molar-refractivity contribution in [2.24, 2.45) is 0 Å². The van der Waals surface area contributed by atoms with Crippen LogP contribution in [-0.2, 0) is 0 Å². The van der Waals surface area contributed by atoms with E-state index in [1.165, 1.54) is 0 Å². The molecule has 3 aromatic rings. The van der Waals surface area contributed by atoms with Crippen LogP contribution < -0.4 is 29.6 Å². The summed E-state index contributed by atoms with van der Waals surface area (Å²) in [6, 6.07) is 19.7. The molecule has 0 spiro atoms. The number of fused-ring (bicyclic) bond motifs is 2. The summed E-state index contributed by atoms with van der Waals surface area (Å²) in [5, 5.41) is 6.72. The number of hydrogen-bond acceptors (Lipinski definition) is 6. The molecule has 0 aromatic heterocycles. The maximum Gasteiger partial charge on any atom is 0.231 e. The normalized spacial score (nSPS) is 13.5. The number of hydrogen-bond donors (Lipinski definition) is 2. The van der Waals surface area contributed by atoms with Gasteiger partial charge in [-0.25, -0.2) is 0 Å². The predicted octanol–water partition coefficient (Wildman–Crippen LogP) is 4.63. The van der Waals surface area contributed by atoms with Gasteiger partial charge in [0.25, 0.3) is 0 Å². The Morgan fingerprint density at radius 3 is 1.31 bits per heavy atom. The summed E-state index contributed by atoms with van der Waals surface area (Å²) in [5.41, 5.74) is 3.87. The molecule has 0 amide bonds. The van der Waals surface area contributed by atoms with E-state index in [0.29, 0.717) is 0 Å². The zero-order valence-corrected chi connectivity index (χ0v) is 13.8. The third kappa shape index (κ3) is 2.82. The van der Waals surface area contributed by atoms with Crippen molar-refractivity contribution < 1.29 is 18.9 Å². The molecular weight excluding hydrogens is 332 g/mol. The van der Waals surface area contributed by atoms with Crippen molar-refractivity contribution in [1.29, 1.82) is 0 Å². The van der Waals surface area contributed by atoms with Crippen LogP contribution in [0.5, 0.6) is 23.0 Å². The Morgan fingerprint density at radius 2 is 0.846 bits per heavy atom. The minimum Gasteiger partial charge on any atom is -0.454 e. The summed E-state index contributed by atoms with van der Waals surface area (Å²) in [6.45, 7) is 0.554. The molecule has 2 aliphatic heterocycles. The molecule has 6 heteroatoms. The first-order valence-corrected chi connectivity index (χ1v) is 8.27. The van der Waals surface area contributed by atoms with Crippen molar-refractivity contribution in [2.75, 3.05) is 24.2 Å². The van der Waals surface area contributed by atoms with Gasteiger partial charge in [-0.1, -0.05) is 0 Å². The molecule has 2 aliphatic rings. The van der Waals surface area contributed by atoms with Gasteiger partial charge in [0.15, 0.2) is 23.0 Å². The lowest BCUT2D eigenvalue weighted by molar-refractivity contribution is 0.173. The summed E-state index contributed by atoms with van der Waals surface area (Å²) in [5.74, 6) is 3.07. The maximum absolute atomic E-state index is 5.40. The molecule has 0 bridgehead atoms. The number of ether oxygens (including phenoxy) is 4. The molecule has 0 fully saturated rings. The van der Waals surface area contributed by atoms with E-state index >= 15 is 0 Å². The van der Waals surface area contributed by atoms with Gasteiger partial charge in [-0.05, 0) is 48.5 Å². The van der Waals surface area contributed by atoms with Crippen LogP contribution in [-0.4, -0.2) is 13.6 Å². The fourth-order valence-electron chi connectivity index (χ4n) is 2.92. The van der Waals surface area contributed by atoms with Gasteiger partial charge >= 0.3 is 0 Å². The first-order valence-electron chi connectivity index (χ1n) is 8.27. The van der Waals surface area contributed by atoms with E-state index in [-0.39, 0.29) is 13.6 Å². The molecular formula is C20H16N2O4. The molecule has 5 rings (SSSR count). The highest BCUT2D eigenvalue weighted by molar-refractivity contribution is 5.68. The van der Waals surface area contributed by atoms with Crippen LogP contribution in [0, 0.1) is 0 Å². The van der Waals surface area contributed by atoms with Crippen LogP contribution in [0.4, 0.5) is 22.7 Å². The van der Waals surface area contributed by atoms with Crippen LogP contribution in [0.25, 0.3) is 0 Å². The van der Waals surface area contributed by atoms with Crippen molar-refractivity contribution in [3.63, 3.8) is 0 Å². The molecule has 0 atom stereocenters. The van der Waals surface area contributed by atoms with Gasteiger partial charge in [-0.2, -0.15) is 0 Å². The average molecular weight is 348 g/mol. The fourth-order valence-corrected chi connectivity index (χ4v) is 2.92. The van der Waals surface area contributed by atoms with Crippen molar-refractivity contribution in [3.8, 4) is 23.0 Å². The van der Waals surface area contributed by atoms with E-state index in [9.17, 15) is 0 Å². The fraction of sp³-hybridized carbons (Fsp3) is 0.100. The van der Waals surface area contributed by atoms with E-state index < -0.39 is 0 Å². The largest absolute Gasteiger partial charge is 0.454 e. The topological polar surface area (TPSA) is 61.0 Å². The molecule has 0 aliphatic carbocycles. The summed E-state index contributed by atoms with van der Waals surface area (Å²) < 4.78 is 21.5. The number of rotatable bonds is 4. The van der Waals surface area contributed by atoms with Gasteiger partial charge in [-0.3, -0.25) is 0 Å². The van der Waals surface area contributed by atoms with Gasteiger partial charge < -0.3 is 29.6 Å². The second-order valence-corrected chi connectivity index (χ2v) is 5.96. The average Bonchev–Trinajstić information content (AvgIpc) is 3.31. The monoisotopic (exact) mass is 348 g/mol. The first kappa shape index (κ1) is 14.8. The smallest absolute Gasteiger partial charge is 0.231 e. The van der Waals surface area contributed by atoms with E-state index in [4.69, 9.17) is 18.9 Å². The summed E-state index contributed by atoms with van der Waals surface area (Å²) in [6.07, 6.45) is 0. The Kier molecular flexibility index (Phi) is 3.45. The highest BCUT2D eigenvalue weighted by atomic mass is 16.7. The van der Waals surface area contributed by atoms with Crippen molar-refractivity contribution in [2.45, 2.75) is 0 Å². The number of nitrogens with one attached hydrogen (secondary N) is 2. The van der Waals surface area contributed by atoms with E-state index in [1.807, 2.05) is 60.7 Å². The molecule has 6 nitrogen and oxygen atoms in total. The van der Waals surface area contributed by atoms with Crippen LogP contribution in [0.3, 0.4) is 0 Å². The van der Waals surface area contributed by atoms with E-state index in [1.54, 1.807) is 0 Å². The lowest BCUT2D eigenvalue weighted by Gasteiger charge is -2.10. The van der Waals surface area contributed by atoms with E-state index in [2.05, 4.69) is 10.6 Å². The zero-order valence-electron chi connectivity index (χ0n) is 13.8. The van der Waals surface area contributed by atoms with E-state index in [0.717, 1.165) is 45.7 Å². The third-order valence-electron chi connectivity index (χ3n) is 4.21. The molecule has 3 aromatic carbocycles. The Hall–Kier alpha value is -3.54. The van der Waals surface area contributed by atoms with Crippen LogP contribution in [0.2, 0.25) is 0 Å². The highest BCUT2D eigenvalue weighted by Gasteiger charge is 2.14. The third-order valence-corrected chi connectivity index (χ3v) is 4.21. The van der Waals surface area contributed by atoms with Gasteiger partial charge in [0.05, 0.1) is 0 Å². The standard InChI is InChI=1S/C20H16N2O4/c1-2-14(22-16-6-8-18-20(10-16)26-12-24-18)4-3-13(1)21-15-5-7-17-19(9-15)25-11-23-17/h1-10,21-22H,11-12H2. The molecule has 2 heterocycles. The van der Waals surface area contributed by atoms with Crippen molar-refractivity contribution >= 4 is 22.7 Å². The summed E-state index contributed by atoms with van der Waals surface area (Å²) >= 11 is 0. The summed E-state index contributed by atoms with van der Waals surface area (Å²) in [7, 11) is 0. The molecule has 26 heavy (non-hydrogen) atoms. The Labute approximate surface area is 150 Å². The number of anilines is 4. The van der Waals surface area contributed by atoms with Crippen LogP contribution in [0.1, 0.15) is 0 Å². The van der Waals surface area contributed by atoms with Crippen molar-refractivity contribution in [1.82, 2.24) is 0 Å². The molecule has 0 unspecified atom stereocenters.